The molecule has 0 saturated carbocycles. The molecule has 0 aliphatic heterocycles. The van der Waals surface area contributed by atoms with Crippen molar-refractivity contribution in [1.29, 1.82) is 0 Å². The summed E-state index contributed by atoms with van der Waals surface area (Å²) in [5.74, 6) is -3.57. The lowest BCUT2D eigenvalue weighted by atomic mass is 10.0. The first kappa shape index (κ1) is 36.0. The number of carbonyl (C=O) groups excluding carboxylic acids is 3. The Morgan fingerprint density at radius 1 is 0.696 bits per heavy atom. The van der Waals surface area contributed by atoms with Gasteiger partial charge >= 0.3 is 0 Å². The Bertz CT molecular complexity index is 1590. The normalized spacial score (nSPS) is 11.7. The summed E-state index contributed by atoms with van der Waals surface area (Å²) in [5.41, 5.74) is -0.262. The van der Waals surface area contributed by atoms with E-state index in [1.165, 1.54) is 50.6 Å². The quantitative estimate of drug-likeness (QED) is 0.0977. The number of nitrogens with one attached hydrogen (secondary N) is 2. The van der Waals surface area contributed by atoms with Crippen molar-refractivity contribution >= 4 is 50.0 Å². The zero-order chi connectivity index (χ0) is 34.0. The number of hydrogen-bond donors (Lipinski definition) is 2. The number of methoxy groups -OCH3 is 2. The minimum Gasteiger partial charge on any atom is -0.496 e. The van der Waals surface area contributed by atoms with Crippen LogP contribution in [0.5, 0.6) is 11.5 Å². The first-order valence-corrected chi connectivity index (χ1v) is 14.8. The smallest absolute Gasteiger partial charge is 0.252 e. The number of hydrogen-bond acceptors (Lipinski definition) is 5. The molecule has 13 heteroatoms. The summed E-state index contributed by atoms with van der Waals surface area (Å²) < 4.78 is 66.7. The molecule has 0 spiro atoms. The molecular weight excluding hydrogens is 740 g/mol. The van der Waals surface area contributed by atoms with E-state index in [2.05, 4.69) is 49.1 Å². The van der Waals surface area contributed by atoms with Crippen molar-refractivity contribution in [3.63, 3.8) is 0 Å². The summed E-state index contributed by atoms with van der Waals surface area (Å²) in [4.78, 5) is 35.7. The summed E-state index contributed by atoms with van der Waals surface area (Å²) in [6.45, 7) is 3.53. The Hall–Kier alpha value is -4.49. The van der Waals surface area contributed by atoms with E-state index in [1.54, 1.807) is 18.2 Å². The third-order valence-electron chi connectivity index (χ3n) is 6.39. The number of aldehydes is 1. The highest BCUT2D eigenvalue weighted by Gasteiger charge is 2.23. The molecule has 0 saturated heterocycles. The summed E-state index contributed by atoms with van der Waals surface area (Å²) in [5, 5.41) is 4.84. The van der Waals surface area contributed by atoms with Gasteiger partial charge in [0.05, 0.1) is 34.8 Å². The monoisotopic (exact) mass is 764 g/mol. The predicted octanol–water partition coefficient (Wildman–Crippen LogP) is 7.80. The molecule has 4 aromatic carbocycles. The SMILES string of the molecule is C=C[C@@H](NC(=O)c1ccc(Br)c(OC)c1)c1c(F)cccc1F.COc1cc(C(=O)N[C@H](C=O)c2c(F)cccc2F)ccc1Br. The van der Waals surface area contributed by atoms with Gasteiger partial charge in [0.2, 0.25) is 0 Å². The van der Waals surface area contributed by atoms with Gasteiger partial charge < -0.3 is 24.9 Å². The van der Waals surface area contributed by atoms with Gasteiger partial charge in [-0.05, 0) is 92.5 Å². The van der Waals surface area contributed by atoms with Crippen molar-refractivity contribution in [2.45, 2.75) is 12.1 Å². The highest BCUT2D eigenvalue weighted by atomic mass is 79.9. The molecule has 4 aromatic rings. The largest absolute Gasteiger partial charge is 0.496 e. The van der Waals surface area contributed by atoms with E-state index >= 15 is 0 Å². The fourth-order valence-corrected chi connectivity index (χ4v) is 4.91. The number of amides is 2. The highest BCUT2D eigenvalue weighted by Crippen LogP contribution is 2.28. The van der Waals surface area contributed by atoms with E-state index in [-0.39, 0.29) is 17.4 Å². The van der Waals surface area contributed by atoms with E-state index in [0.29, 0.717) is 26.0 Å². The Kier molecular flexibility index (Phi) is 13.1. The van der Waals surface area contributed by atoms with Gasteiger partial charge in [-0.2, -0.15) is 0 Å². The number of rotatable bonds is 10. The van der Waals surface area contributed by atoms with E-state index in [4.69, 9.17) is 9.47 Å². The molecule has 2 N–H and O–H groups in total. The van der Waals surface area contributed by atoms with Crippen LogP contribution in [0, 0.1) is 23.3 Å². The minimum absolute atomic E-state index is 0.189. The highest BCUT2D eigenvalue weighted by molar-refractivity contribution is 9.10. The van der Waals surface area contributed by atoms with E-state index in [1.807, 2.05) is 0 Å². The maximum Gasteiger partial charge on any atom is 0.252 e. The van der Waals surface area contributed by atoms with Gasteiger partial charge in [0, 0.05) is 16.7 Å². The van der Waals surface area contributed by atoms with Gasteiger partial charge in [-0.15, -0.1) is 6.58 Å². The van der Waals surface area contributed by atoms with Crippen molar-refractivity contribution in [3.05, 3.63) is 140 Å². The Labute approximate surface area is 278 Å². The van der Waals surface area contributed by atoms with Gasteiger partial charge in [-0.3, -0.25) is 9.59 Å². The van der Waals surface area contributed by atoms with Gasteiger partial charge in [-0.25, -0.2) is 17.6 Å². The first-order valence-electron chi connectivity index (χ1n) is 13.2. The second-order valence-electron chi connectivity index (χ2n) is 9.24. The average Bonchev–Trinajstić information content (AvgIpc) is 3.04. The van der Waals surface area contributed by atoms with Crippen molar-refractivity contribution in [3.8, 4) is 11.5 Å². The minimum atomic E-state index is -1.43. The molecule has 4 rings (SSSR count). The molecule has 0 radical (unpaired) electrons. The third-order valence-corrected chi connectivity index (χ3v) is 7.70. The Morgan fingerprint density at radius 2 is 1.07 bits per heavy atom. The van der Waals surface area contributed by atoms with Crippen LogP contribution in [0.15, 0.2) is 94.4 Å². The lowest BCUT2D eigenvalue weighted by Gasteiger charge is -2.17. The molecule has 46 heavy (non-hydrogen) atoms. The van der Waals surface area contributed by atoms with Crippen molar-refractivity contribution in [2.24, 2.45) is 0 Å². The second kappa shape index (κ2) is 16.7. The van der Waals surface area contributed by atoms with Crippen molar-refractivity contribution in [1.82, 2.24) is 10.6 Å². The molecule has 240 valence electrons. The van der Waals surface area contributed by atoms with Crippen LogP contribution < -0.4 is 20.1 Å². The van der Waals surface area contributed by atoms with Crippen LogP contribution >= 0.6 is 31.9 Å². The fraction of sp³-hybridized carbons (Fsp3) is 0.121. The van der Waals surface area contributed by atoms with Crippen LogP contribution in [0.4, 0.5) is 17.6 Å². The molecule has 0 aromatic heterocycles. The fourth-order valence-electron chi connectivity index (χ4n) is 4.09. The Balaban J connectivity index is 0.000000250. The van der Waals surface area contributed by atoms with E-state index < -0.39 is 52.7 Å². The summed E-state index contributed by atoms with van der Waals surface area (Å²) in [6.07, 6.45) is 1.55. The topological polar surface area (TPSA) is 93.7 Å². The standard InChI is InChI=1S/C17H14BrF2NO2.C16H12BrF2NO3/c1-3-14(16-12(19)5-4-6-13(16)20)21-17(22)10-7-8-11(18)15(9-10)23-2;1-23-14-7-9(5-6-10(14)17)16(22)20-13(8-21)15-11(18)3-2-4-12(15)19/h3-9,14H,1H2,2H3,(H,21,22);2-8,13H,1H3,(H,20,22)/t14-;13-/m11/s1. The molecule has 0 fully saturated rings. The van der Waals surface area contributed by atoms with Gasteiger partial charge in [0.1, 0.15) is 47.1 Å². The van der Waals surface area contributed by atoms with E-state index in [9.17, 15) is 31.9 Å². The van der Waals surface area contributed by atoms with Crippen LogP contribution in [-0.4, -0.2) is 32.3 Å². The van der Waals surface area contributed by atoms with E-state index in [0.717, 1.165) is 24.3 Å². The third kappa shape index (κ3) is 8.82. The zero-order valence-electron chi connectivity index (χ0n) is 24.3. The number of ether oxygens (including phenoxy) is 2. The second-order valence-corrected chi connectivity index (χ2v) is 11.0. The molecule has 7 nitrogen and oxygen atoms in total. The van der Waals surface area contributed by atoms with Crippen LogP contribution in [0.3, 0.4) is 0 Å². The maximum atomic E-state index is 13.8. The lowest BCUT2D eigenvalue weighted by molar-refractivity contribution is -0.109. The number of carbonyl (C=O) groups is 3. The number of halogens is 6. The van der Waals surface area contributed by atoms with Crippen LogP contribution in [0.2, 0.25) is 0 Å². The van der Waals surface area contributed by atoms with Gasteiger partial charge in [0.25, 0.3) is 11.8 Å². The predicted molar refractivity (Wildman–Crippen MR) is 171 cm³/mol. The maximum absolute atomic E-state index is 13.8. The number of benzene rings is 4. The van der Waals surface area contributed by atoms with Crippen LogP contribution in [0.25, 0.3) is 0 Å². The molecule has 2 amide bonds. The zero-order valence-corrected chi connectivity index (χ0v) is 27.4. The van der Waals surface area contributed by atoms with Crippen LogP contribution in [-0.2, 0) is 4.79 Å². The lowest BCUT2D eigenvalue weighted by Crippen LogP contribution is -2.30. The summed E-state index contributed by atoms with van der Waals surface area (Å²) in [7, 11) is 2.91. The molecule has 0 aliphatic rings. The average molecular weight is 766 g/mol. The van der Waals surface area contributed by atoms with Crippen molar-refractivity contribution in [2.75, 3.05) is 14.2 Å². The molecular formula is C33H26Br2F4N2O5. The Morgan fingerprint density at radius 3 is 1.41 bits per heavy atom. The van der Waals surface area contributed by atoms with Crippen LogP contribution in [0.1, 0.15) is 43.9 Å². The first-order chi connectivity index (χ1) is 21.9. The summed E-state index contributed by atoms with van der Waals surface area (Å²) >= 11 is 6.54. The molecule has 2 atom stereocenters. The molecule has 0 bridgehead atoms. The molecule has 0 aliphatic carbocycles. The molecule has 0 heterocycles. The van der Waals surface area contributed by atoms with Gasteiger partial charge in [-0.1, -0.05) is 18.2 Å². The molecule has 0 unspecified atom stereocenters. The van der Waals surface area contributed by atoms with Gasteiger partial charge in [0.15, 0.2) is 0 Å². The summed E-state index contributed by atoms with van der Waals surface area (Å²) in [6, 6.07) is 13.6. The van der Waals surface area contributed by atoms with Crippen molar-refractivity contribution < 1.29 is 41.4 Å².